The van der Waals surface area contributed by atoms with Crippen molar-refractivity contribution in [1.82, 2.24) is 5.32 Å². The van der Waals surface area contributed by atoms with Crippen LogP contribution in [0.5, 0.6) is 0 Å². The van der Waals surface area contributed by atoms with Gasteiger partial charge < -0.3 is 20.3 Å². The molecule has 0 radical (unpaired) electrons. The lowest BCUT2D eigenvalue weighted by Gasteiger charge is -2.20. The summed E-state index contributed by atoms with van der Waals surface area (Å²) in [5.74, 6) is -0.103. The molecule has 0 bridgehead atoms. The number of allylic oxidation sites excluding steroid dienone is 5. The number of nitrogens with one attached hydrogen (secondary N) is 1. The SMILES string of the molecule is CCCC/C=C\CCCCCCCC(=O)OCCCCCC/C=C\CCCCCCCCCC(=O)NC(CO)C(O)/C=C/CCCCCCCCCCCCCCCCCCCCCCCC. The van der Waals surface area contributed by atoms with E-state index in [1.54, 1.807) is 6.08 Å². The number of carbonyl (C=O) groups is 2. The van der Waals surface area contributed by atoms with E-state index in [1.807, 2.05) is 6.08 Å². The molecule has 2 unspecified atom stereocenters. The van der Waals surface area contributed by atoms with Gasteiger partial charge in [0, 0.05) is 12.8 Å². The molecule has 0 heterocycles. The zero-order valence-corrected chi connectivity index (χ0v) is 44.9. The maximum Gasteiger partial charge on any atom is 0.305 e. The fourth-order valence-corrected chi connectivity index (χ4v) is 9.02. The summed E-state index contributed by atoms with van der Waals surface area (Å²) in [6.07, 6.45) is 70.3. The second-order valence-electron chi connectivity index (χ2n) is 20.3. The predicted molar refractivity (Wildman–Crippen MR) is 292 cm³/mol. The molecule has 6 heteroatoms. The molecule has 0 aliphatic heterocycles. The molecule has 0 aromatic rings. The van der Waals surface area contributed by atoms with Crippen molar-refractivity contribution in [3.63, 3.8) is 0 Å². The number of esters is 1. The molecule has 0 aromatic heterocycles. The van der Waals surface area contributed by atoms with Crippen LogP contribution in [0, 0.1) is 0 Å². The van der Waals surface area contributed by atoms with Gasteiger partial charge in [-0.1, -0.05) is 262 Å². The number of rotatable bonds is 55. The third-order valence-electron chi connectivity index (χ3n) is 13.6. The molecule has 0 spiro atoms. The highest BCUT2D eigenvalue weighted by molar-refractivity contribution is 5.76. The molecule has 3 N–H and O–H groups in total. The van der Waals surface area contributed by atoms with E-state index in [1.165, 1.54) is 218 Å². The molecule has 0 aliphatic carbocycles. The largest absolute Gasteiger partial charge is 0.466 e. The summed E-state index contributed by atoms with van der Waals surface area (Å²) in [5.41, 5.74) is 0. The predicted octanol–water partition coefficient (Wildman–Crippen LogP) is 18.4. The number of aliphatic hydroxyl groups excluding tert-OH is 2. The Morgan fingerprint density at radius 3 is 1.10 bits per heavy atom. The zero-order valence-electron chi connectivity index (χ0n) is 44.9. The Balaban J connectivity index is 3.51. The van der Waals surface area contributed by atoms with Gasteiger partial charge in [0.2, 0.25) is 5.91 Å². The Morgan fingerprint density at radius 2 is 0.716 bits per heavy atom. The smallest absolute Gasteiger partial charge is 0.305 e. The van der Waals surface area contributed by atoms with Crippen molar-refractivity contribution in [2.45, 2.75) is 328 Å². The van der Waals surface area contributed by atoms with E-state index in [-0.39, 0.29) is 18.5 Å². The molecule has 0 rings (SSSR count). The number of ether oxygens (including phenoxy) is 1. The van der Waals surface area contributed by atoms with Crippen molar-refractivity contribution in [1.29, 1.82) is 0 Å². The molecule has 0 aliphatic rings. The van der Waals surface area contributed by atoms with E-state index in [0.29, 0.717) is 19.4 Å². The van der Waals surface area contributed by atoms with Crippen LogP contribution in [0.3, 0.4) is 0 Å². The molecule has 1 amide bonds. The van der Waals surface area contributed by atoms with E-state index in [2.05, 4.69) is 43.5 Å². The number of amides is 1. The van der Waals surface area contributed by atoms with Crippen LogP contribution in [0.15, 0.2) is 36.5 Å². The Kier molecular flexibility index (Phi) is 55.0. The normalized spacial score (nSPS) is 12.8. The van der Waals surface area contributed by atoms with Crippen molar-refractivity contribution in [2.75, 3.05) is 13.2 Å². The Hall–Kier alpha value is -1.92. The van der Waals surface area contributed by atoms with Crippen LogP contribution >= 0.6 is 0 Å². The summed E-state index contributed by atoms with van der Waals surface area (Å²) >= 11 is 0. The Labute approximate surface area is 417 Å². The summed E-state index contributed by atoms with van der Waals surface area (Å²) in [4.78, 5) is 24.5. The minimum atomic E-state index is -0.856. The maximum absolute atomic E-state index is 12.5. The minimum absolute atomic E-state index is 0.0222. The van der Waals surface area contributed by atoms with Crippen LogP contribution < -0.4 is 5.32 Å². The van der Waals surface area contributed by atoms with Gasteiger partial charge in [-0.3, -0.25) is 9.59 Å². The first-order valence-electron chi connectivity index (χ1n) is 29.8. The van der Waals surface area contributed by atoms with Gasteiger partial charge in [-0.15, -0.1) is 0 Å². The molecule has 0 aromatic carbocycles. The number of carbonyl (C=O) groups excluding carboxylic acids is 2. The Bertz CT molecular complexity index is 1090. The summed E-state index contributed by atoms with van der Waals surface area (Å²) < 4.78 is 5.44. The van der Waals surface area contributed by atoms with Gasteiger partial charge in [0.1, 0.15) is 0 Å². The summed E-state index contributed by atoms with van der Waals surface area (Å²) in [7, 11) is 0. The lowest BCUT2D eigenvalue weighted by Crippen LogP contribution is -2.45. The van der Waals surface area contributed by atoms with Gasteiger partial charge in [0.25, 0.3) is 0 Å². The van der Waals surface area contributed by atoms with Crippen molar-refractivity contribution in [2.24, 2.45) is 0 Å². The lowest BCUT2D eigenvalue weighted by molar-refractivity contribution is -0.143. The highest BCUT2D eigenvalue weighted by atomic mass is 16.5. The highest BCUT2D eigenvalue weighted by Crippen LogP contribution is 2.17. The standard InChI is InChI=1S/C61H115NO5/c1-3-5-7-9-11-13-15-16-17-18-19-20-21-22-23-24-25-27-30-34-37-41-45-49-53-59(64)58(57-63)62-60(65)54-50-46-42-38-35-31-28-26-29-32-36-40-44-48-52-56-67-61(66)55-51-47-43-39-33-14-12-10-8-6-4-2/h10,12,29,32,49,53,58-59,63-64H,3-9,11,13-28,30-31,33-48,50-52,54-57H2,1-2H3,(H,62,65)/b12-10-,32-29-,53-49+. The minimum Gasteiger partial charge on any atom is -0.466 e. The van der Waals surface area contributed by atoms with Gasteiger partial charge in [0.15, 0.2) is 0 Å². The van der Waals surface area contributed by atoms with E-state index < -0.39 is 12.1 Å². The topological polar surface area (TPSA) is 95.9 Å². The van der Waals surface area contributed by atoms with Gasteiger partial charge in [-0.25, -0.2) is 0 Å². The van der Waals surface area contributed by atoms with Crippen LogP contribution in [0.1, 0.15) is 316 Å². The molecular weight excluding hydrogens is 827 g/mol. The summed E-state index contributed by atoms with van der Waals surface area (Å²) in [6, 6.07) is -0.641. The molecule has 394 valence electrons. The third kappa shape index (κ3) is 53.3. The quantitative estimate of drug-likeness (QED) is 0.0321. The van der Waals surface area contributed by atoms with Crippen molar-refractivity contribution in [3.05, 3.63) is 36.5 Å². The van der Waals surface area contributed by atoms with Crippen LogP contribution in [0.4, 0.5) is 0 Å². The van der Waals surface area contributed by atoms with Crippen LogP contribution in [-0.2, 0) is 14.3 Å². The van der Waals surface area contributed by atoms with E-state index >= 15 is 0 Å². The van der Waals surface area contributed by atoms with Crippen LogP contribution in [0.25, 0.3) is 0 Å². The molecular formula is C61H115NO5. The van der Waals surface area contributed by atoms with Gasteiger partial charge >= 0.3 is 5.97 Å². The monoisotopic (exact) mass is 942 g/mol. The number of unbranched alkanes of at least 4 members (excludes halogenated alkanes) is 40. The second kappa shape index (κ2) is 56.7. The first-order valence-corrected chi connectivity index (χ1v) is 29.8. The molecule has 6 nitrogen and oxygen atoms in total. The fraction of sp³-hybridized carbons (Fsp3) is 0.869. The molecule has 67 heavy (non-hydrogen) atoms. The van der Waals surface area contributed by atoms with Crippen molar-refractivity contribution >= 4 is 11.9 Å². The third-order valence-corrected chi connectivity index (χ3v) is 13.6. The lowest BCUT2D eigenvalue weighted by atomic mass is 10.0. The van der Waals surface area contributed by atoms with E-state index in [4.69, 9.17) is 4.74 Å². The fourth-order valence-electron chi connectivity index (χ4n) is 9.02. The van der Waals surface area contributed by atoms with Crippen molar-refractivity contribution < 1.29 is 24.5 Å². The zero-order chi connectivity index (χ0) is 48.6. The van der Waals surface area contributed by atoms with Crippen LogP contribution in [-0.4, -0.2) is 47.4 Å². The summed E-state index contributed by atoms with van der Waals surface area (Å²) in [5, 5.41) is 23.2. The van der Waals surface area contributed by atoms with E-state index in [9.17, 15) is 19.8 Å². The molecule has 0 saturated heterocycles. The van der Waals surface area contributed by atoms with Gasteiger partial charge in [0.05, 0.1) is 25.4 Å². The van der Waals surface area contributed by atoms with Gasteiger partial charge in [-0.2, -0.15) is 0 Å². The van der Waals surface area contributed by atoms with E-state index in [0.717, 1.165) is 70.6 Å². The average molecular weight is 943 g/mol. The first-order chi connectivity index (χ1) is 33.0. The number of hydrogen-bond acceptors (Lipinski definition) is 5. The van der Waals surface area contributed by atoms with Crippen molar-refractivity contribution in [3.8, 4) is 0 Å². The summed E-state index contributed by atoms with van der Waals surface area (Å²) in [6.45, 7) is 4.84. The Morgan fingerprint density at radius 1 is 0.403 bits per heavy atom. The maximum atomic E-state index is 12.5. The van der Waals surface area contributed by atoms with Gasteiger partial charge in [-0.05, 0) is 77.0 Å². The first kappa shape index (κ1) is 65.1. The second-order valence-corrected chi connectivity index (χ2v) is 20.3. The highest BCUT2D eigenvalue weighted by Gasteiger charge is 2.18. The molecule has 2 atom stereocenters. The number of hydrogen-bond donors (Lipinski definition) is 3. The van der Waals surface area contributed by atoms with Crippen LogP contribution in [0.2, 0.25) is 0 Å². The molecule has 0 saturated carbocycles. The number of aliphatic hydroxyl groups is 2. The average Bonchev–Trinajstić information content (AvgIpc) is 3.33. The molecule has 0 fully saturated rings.